The largest absolute Gasteiger partial charge is 0.452 e. The number of nitrogens with zero attached hydrogens (tertiary/aromatic N) is 2. The third-order valence-corrected chi connectivity index (χ3v) is 4.96. The summed E-state index contributed by atoms with van der Waals surface area (Å²) in [6.07, 6.45) is 0. The first-order chi connectivity index (χ1) is 14.4. The van der Waals surface area contributed by atoms with E-state index in [9.17, 15) is 24.5 Å². The molecule has 0 saturated carbocycles. The smallest absolute Gasteiger partial charge is 0.351 e. The zero-order valence-electron chi connectivity index (χ0n) is 15.0. The summed E-state index contributed by atoms with van der Waals surface area (Å²) in [6, 6.07) is 12.1. The predicted molar refractivity (Wildman–Crippen MR) is 108 cm³/mol. The molecule has 11 heteroatoms. The topological polar surface area (TPSA) is 142 Å². The van der Waals surface area contributed by atoms with Gasteiger partial charge in [0, 0.05) is 17.5 Å². The number of hydrogen-bond donors (Lipinski definition) is 1. The minimum atomic E-state index is -0.996. The molecular weight excluding hydrogens is 414 g/mol. The van der Waals surface area contributed by atoms with E-state index in [2.05, 4.69) is 10.3 Å². The normalized spacial score (nSPS) is 10.8. The molecule has 0 fully saturated rings. The number of thiazole rings is 1. The van der Waals surface area contributed by atoms with E-state index < -0.39 is 29.0 Å². The molecule has 0 aliphatic rings. The average molecular weight is 425 g/mol. The number of amides is 1. The van der Waals surface area contributed by atoms with Gasteiger partial charge in [-0.3, -0.25) is 20.2 Å². The average Bonchev–Trinajstić information content (AvgIpc) is 3.12. The number of anilines is 1. The van der Waals surface area contributed by atoms with Gasteiger partial charge in [-0.05, 0) is 18.2 Å². The van der Waals surface area contributed by atoms with Gasteiger partial charge in [0.15, 0.2) is 11.7 Å². The van der Waals surface area contributed by atoms with Crippen molar-refractivity contribution < 1.29 is 23.7 Å². The van der Waals surface area contributed by atoms with Gasteiger partial charge in [0.1, 0.15) is 11.1 Å². The molecule has 0 aliphatic carbocycles. The second kappa shape index (κ2) is 7.72. The molecule has 0 radical (unpaired) electrons. The zero-order valence-corrected chi connectivity index (χ0v) is 15.8. The minimum absolute atomic E-state index is 0.0906. The van der Waals surface area contributed by atoms with Gasteiger partial charge in [-0.25, -0.2) is 14.6 Å². The van der Waals surface area contributed by atoms with Crippen molar-refractivity contribution in [3.63, 3.8) is 0 Å². The number of ether oxygens (including phenoxy) is 1. The van der Waals surface area contributed by atoms with Crippen molar-refractivity contribution in [2.24, 2.45) is 0 Å². The Morgan fingerprint density at radius 3 is 2.80 bits per heavy atom. The Hall–Kier alpha value is -4.12. The van der Waals surface area contributed by atoms with Crippen molar-refractivity contribution in [1.29, 1.82) is 0 Å². The molecule has 2 heterocycles. The third-order valence-electron chi connectivity index (χ3n) is 4.02. The van der Waals surface area contributed by atoms with Gasteiger partial charge in [0.25, 0.3) is 11.6 Å². The van der Waals surface area contributed by atoms with Crippen LogP contribution in [-0.2, 0) is 9.53 Å². The van der Waals surface area contributed by atoms with Crippen molar-refractivity contribution in [1.82, 2.24) is 4.98 Å². The van der Waals surface area contributed by atoms with Crippen molar-refractivity contribution in [3.8, 4) is 0 Å². The lowest BCUT2D eigenvalue weighted by atomic mass is 10.2. The Morgan fingerprint density at radius 1 is 1.20 bits per heavy atom. The van der Waals surface area contributed by atoms with Crippen LogP contribution in [0.4, 0.5) is 10.8 Å². The predicted octanol–water partition coefficient (Wildman–Crippen LogP) is 3.11. The molecule has 2 aromatic carbocycles. The Bertz CT molecular complexity index is 1380. The Morgan fingerprint density at radius 2 is 2.00 bits per heavy atom. The van der Waals surface area contributed by atoms with Gasteiger partial charge in [0.2, 0.25) is 0 Å². The molecule has 4 aromatic rings. The number of nitro groups is 1. The van der Waals surface area contributed by atoms with E-state index in [0.717, 1.165) is 11.3 Å². The van der Waals surface area contributed by atoms with Crippen LogP contribution in [0.3, 0.4) is 0 Å². The van der Waals surface area contributed by atoms with E-state index >= 15 is 0 Å². The lowest BCUT2D eigenvalue weighted by Gasteiger charge is -2.04. The molecule has 1 amide bonds. The summed E-state index contributed by atoms with van der Waals surface area (Å²) in [7, 11) is 0. The van der Waals surface area contributed by atoms with Crippen LogP contribution in [0.15, 0.2) is 57.7 Å². The number of esters is 1. The SMILES string of the molecule is O=C(COC(=O)c1cc2ccccc2oc1=O)Nc1nc2ccc([N+](=O)[O-])cc2s1. The van der Waals surface area contributed by atoms with Gasteiger partial charge in [-0.2, -0.15) is 0 Å². The number of fused-ring (bicyclic) bond motifs is 2. The van der Waals surface area contributed by atoms with E-state index in [4.69, 9.17) is 9.15 Å². The molecule has 2 aromatic heterocycles. The first-order valence-electron chi connectivity index (χ1n) is 8.45. The standard InChI is InChI=1S/C19H11N3O7S/c23-16(21-19-20-13-6-5-11(22(26)27)8-15(13)30-19)9-28-17(24)12-7-10-3-1-2-4-14(10)29-18(12)25/h1-8H,9H2,(H,20,21,23). The van der Waals surface area contributed by atoms with Crippen LogP contribution in [0.1, 0.15) is 10.4 Å². The maximum Gasteiger partial charge on any atom is 0.351 e. The molecule has 10 nitrogen and oxygen atoms in total. The molecule has 0 atom stereocenters. The fourth-order valence-corrected chi connectivity index (χ4v) is 3.56. The van der Waals surface area contributed by atoms with Crippen LogP contribution in [0.25, 0.3) is 21.2 Å². The monoisotopic (exact) mass is 425 g/mol. The highest BCUT2D eigenvalue weighted by Gasteiger charge is 2.17. The van der Waals surface area contributed by atoms with Crippen LogP contribution in [0, 0.1) is 10.1 Å². The maximum absolute atomic E-state index is 12.2. The lowest BCUT2D eigenvalue weighted by Crippen LogP contribution is -2.23. The molecule has 0 bridgehead atoms. The van der Waals surface area contributed by atoms with Crippen molar-refractivity contribution in [2.75, 3.05) is 11.9 Å². The van der Waals surface area contributed by atoms with Crippen LogP contribution in [0.5, 0.6) is 0 Å². The van der Waals surface area contributed by atoms with Crippen molar-refractivity contribution in [3.05, 3.63) is 74.6 Å². The van der Waals surface area contributed by atoms with Gasteiger partial charge in [0.05, 0.1) is 15.1 Å². The summed E-state index contributed by atoms with van der Waals surface area (Å²) in [5, 5.41) is 14.0. The van der Waals surface area contributed by atoms with Gasteiger partial charge in [-0.15, -0.1) is 0 Å². The van der Waals surface area contributed by atoms with Crippen LogP contribution >= 0.6 is 11.3 Å². The zero-order chi connectivity index (χ0) is 21.3. The summed E-state index contributed by atoms with van der Waals surface area (Å²) in [5.74, 6) is -1.67. The second-order valence-corrected chi connectivity index (χ2v) is 7.07. The number of non-ortho nitro benzene ring substituents is 1. The number of rotatable bonds is 5. The molecule has 0 saturated heterocycles. The Labute approximate surface area is 170 Å². The summed E-state index contributed by atoms with van der Waals surface area (Å²) in [4.78, 5) is 50.6. The third kappa shape index (κ3) is 3.86. The molecule has 0 unspecified atom stereocenters. The van der Waals surface area contributed by atoms with Crippen LogP contribution in [0.2, 0.25) is 0 Å². The second-order valence-electron chi connectivity index (χ2n) is 6.04. The van der Waals surface area contributed by atoms with Crippen molar-refractivity contribution in [2.45, 2.75) is 0 Å². The van der Waals surface area contributed by atoms with Gasteiger partial charge < -0.3 is 9.15 Å². The van der Waals surface area contributed by atoms with Gasteiger partial charge in [-0.1, -0.05) is 29.5 Å². The van der Waals surface area contributed by atoms with Gasteiger partial charge >= 0.3 is 11.6 Å². The number of hydrogen-bond acceptors (Lipinski definition) is 9. The molecular formula is C19H11N3O7S. The minimum Gasteiger partial charge on any atom is -0.452 e. The number of nitro benzene ring substituents is 1. The lowest BCUT2D eigenvalue weighted by molar-refractivity contribution is -0.384. The molecule has 4 rings (SSSR count). The molecule has 150 valence electrons. The Kier molecular flexibility index (Phi) is 4.94. The van der Waals surface area contributed by atoms with E-state index in [1.807, 2.05) is 0 Å². The summed E-state index contributed by atoms with van der Waals surface area (Å²) in [5.41, 5.74) is -0.479. The summed E-state index contributed by atoms with van der Waals surface area (Å²) >= 11 is 1.04. The number of nitrogens with one attached hydrogen (secondary N) is 1. The number of carbonyl (C=O) groups is 2. The Balaban J connectivity index is 1.43. The highest BCUT2D eigenvalue weighted by Crippen LogP contribution is 2.29. The molecule has 0 aliphatic heterocycles. The van der Waals surface area contributed by atoms with Crippen LogP contribution < -0.4 is 10.9 Å². The summed E-state index contributed by atoms with van der Waals surface area (Å²) < 4.78 is 10.5. The number of aromatic nitrogens is 1. The number of benzene rings is 2. The maximum atomic E-state index is 12.2. The van der Waals surface area contributed by atoms with E-state index in [1.54, 1.807) is 24.3 Å². The first kappa shape index (κ1) is 19.2. The van der Waals surface area contributed by atoms with E-state index in [0.29, 0.717) is 21.2 Å². The summed E-state index contributed by atoms with van der Waals surface area (Å²) in [6.45, 7) is -0.652. The van der Waals surface area contributed by atoms with Crippen LogP contribution in [-0.4, -0.2) is 28.4 Å². The highest BCUT2D eigenvalue weighted by molar-refractivity contribution is 7.22. The number of para-hydroxylation sites is 1. The van der Waals surface area contributed by atoms with E-state index in [-0.39, 0.29) is 16.4 Å². The highest BCUT2D eigenvalue weighted by atomic mass is 32.1. The molecule has 30 heavy (non-hydrogen) atoms. The van der Waals surface area contributed by atoms with Crippen molar-refractivity contribution >= 4 is 55.2 Å². The number of carbonyl (C=O) groups excluding carboxylic acids is 2. The molecule has 0 spiro atoms. The molecule has 1 N–H and O–H groups in total. The fraction of sp³-hybridized carbons (Fsp3) is 0.0526. The fourth-order valence-electron chi connectivity index (χ4n) is 2.65. The first-order valence-corrected chi connectivity index (χ1v) is 9.27. The quantitative estimate of drug-likeness (QED) is 0.222. The van der Waals surface area contributed by atoms with E-state index in [1.165, 1.54) is 24.3 Å².